The van der Waals surface area contributed by atoms with Crippen molar-refractivity contribution in [3.05, 3.63) is 30.1 Å². The fraction of sp³-hybridized carbons (Fsp3) is 0.706. The molecule has 1 aromatic rings. The van der Waals surface area contributed by atoms with Crippen molar-refractivity contribution in [2.45, 2.75) is 33.1 Å². The van der Waals surface area contributed by atoms with Gasteiger partial charge >= 0.3 is 0 Å². The third kappa shape index (κ3) is 4.57. The zero-order valence-corrected chi connectivity index (χ0v) is 13.2. The van der Waals surface area contributed by atoms with E-state index in [9.17, 15) is 0 Å². The Kier molecular flexibility index (Phi) is 5.55. The molecule has 0 spiro atoms. The maximum atomic E-state index is 4.07. The minimum absolute atomic E-state index is 0.389. The van der Waals surface area contributed by atoms with Gasteiger partial charge in [-0.3, -0.25) is 4.98 Å². The van der Waals surface area contributed by atoms with Gasteiger partial charge in [0.1, 0.15) is 0 Å². The molecule has 1 unspecified atom stereocenters. The fourth-order valence-electron chi connectivity index (χ4n) is 3.29. The zero-order chi connectivity index (χ0) is 14.4. The number of aromatic nitrogens is 1. The Labute approximate surface area is 123 Å². The number of likely N-dealkylation sites (N-methyl/N-ethyl adjacent to an activating group) is 1. The summed E-state index contributed by atoms with van der Waals surface area (Å²) in [6.45, 7) is 9.52. The third-order valence-electron chi connectivity index (χ3n) is 4.61. The lowest BCUT2D eigenvalue weighted by Gasteiger charge is -2.40. The molecule has 3 heteroatoms. The van der Waals surface area contributed by atoms with E-state index in [-0.39, 0.29) is 0 Å². The summed E-state index contributed by atoms with van der Waals surface area (Å²) >= 11 is 0. The first-order chi connectivity index (χ1) is 9.58. The van der Waals surface area contributed by atoms with Crippen LogP contribution in [0, 0.1) is 11.3 Å². The molecule has 0 aliphatic carbocycles. The van der Waals surface area contributed by atoms with E-state index in [2.05, 4.69) is 48.2 Å². The van der Waals surface area contributed by atoms with Gasteiger partial charge in [-0.1, -0.05) is 13.8 Å². The van der Waals surface area contributed by atoms with Crippen LogP contribution in [0.5, 0.6) is 0 Å². The Bertz CT molecular complexity index is 382. The maximum Gasteiger partial charge on any atom is 0.0270 e. The highest BCUT2D eigenvalue weighted by molar-refractivity contribution is 5.09. The molecule has 3 nitrogen and oxygen atoms in total. The number of pyridine rings is 1. The molecule has 0 saturated carbocycles. The molecule has 1 fully saturated rings. The second kappa shape index (κ2) is 7.19. The van der Waals surface area contributed by atoms with E-state index in [1.54, 1.807) is 0 Å². The largest absolute Gasteiger partial charge is 0.316 e. The Morgan fingerprint density at radius 1 is 1.35 bits per heavy atom. The lowest BCUT2D eigenvalue weighted by molar-refractivity contribution is 0.115. The highest BCUT2D eigenvalue weighted by Gasteiger charge is 2.31. The van der Waals surface area contributed by atoms with Crippen LogP contribution in [-0.2, 0) is 6.42 Å². The summed E-state index contributed by atoms with van der Waals surface area (Å²) in [5.41, 5.74) is 1.77. The predicted molar refractivity (Wildman–Crippen MR) is 84.8 cm³/mol. The summed E-state index contributed by atoms with van der Waals surface area (Å²) in [6.07, 6.45) is 7.57. The van der Waals surface area contributed by atoms with E-state index in [1.807, 2.05) is 12.4 Å². The number of nitrogens with one attached hydrogen (secondary N) is 1. The van der Waals surface area contributed by atoms with Gasteiger partial charge in [0.25, 0.3) is 0 Å². The van der Waals surface area contributed by atoms with Gasteiger partial charge in [-0.15, -0.1) is 0 Å². The smallest absolute Gasteiger partial charge is 0.0270 e. The molecule has 2 rings (SSSR count). The van der Waals surface area contributed by atoms with Gasteiger partial charge in [-0.05, 0) is 68.4 Å². The molecule has 1 atom stereocenters. The van der Waals surface area contributed by atoms with Crippen LogP contribution in [0.4, 0.5) is 0 Å². The first kappa shape index (κ1) is 15.5. The average Bonchev–Trinajstić information content (AvgIpc) is 2.47. The standard InChI is InChI=1S/C17H29N3/c1-17(2,16-5-4-9-19-13-16)14-20(3)12-8-15-6-10-18-11-7-15/h6-7,10-11,16,19H,4-5,8-9,12-14H2,1-3H3. The summed E-state index contributed by atoms with van der Waals surface area (Å²) < 4.78 is 0. The minimum atomic E-state index is 0.389. The molecular weight excluding hydrogens is 246 g/mol. The third-order valence-corrected chi connectivity index (χ3v) is 4.61. The highest BCUT2D eigenvalue weighted by Crippen LogP contribution is 2.32. The Hall–Kier alpha value is -0.930. The van der Waals surface area contributed by atoms with Crippen molar-refractivity contribution in [3.63, 3.8) is 0 Å². The van der Waals surface area contributed by atoms with E-state index in [1.165, 1.54) is 38.0 Å². The van der Waals surface area contributed by atoms with Gasteiger partial charge in [-0.2, -0.15) is 0 Å². The predicted octanol–water partition coefficient (Wildman–Crippen LogP) is 2.58. The first-order valence-corrected chi connectivity index (χ1v) is 7.86. The molecule has 0 radical (unpaired) electrons. The van der Waals surface area contributed by atoms with E-state index >= 15 is 0 Å². The fourth-order valence-corrected chi connectivity index (χ4v) is 3.29. The van der Waals surface area contributed by atoms with Crippen LogP contribution in [0.25, 0.3) is 0 Å². The summed E-state index contributed by atoms with van der Waals surface area (Å²) in [4.78, 5) is 6.55. The maximum absolute atomic E-state index is 4.07. The van der Waals surface area contributed by atoms with Crippen LogP contribution in [0.2, 0.25) is 0 Å². The van der Waals surface area contributed by atoms with E-state index in [0.717, 1.165) is 18.9 Å². The van der Waals surface area contributed by atoms with Crippen molar-refractivity contribution < 1.29 is 0 Å². The van der Waals surface area contributed by atoms with E-state index in [0.29, 0.717) is 5.41 Å². The molecule has 112 valence electrons. The lowest BCUT2D eigenvalue weighted by atomic mass is 9.74. The van der Waals surface area contributed by atoms with E-state index in [4.69, 9.17) is 0 Å². The number of piperidine rings is 1. The van der Waals surface area contributed by atoms with Gasteiger partial charge < -0.3 is 10.2 Å². The second-order valence-corrected chi connectivity index (χ2v) is 6.88. The second-order valence-electron chi connectivity index (χ2n) is 6.88. The van der Waals surface area contributed by atoms with Crippen molar-refractivity contribution in [1.29, 1.82) is 0 Å². The average molecular weight is 275 g/mol. The Morgan fingerprint density at radius 3 is 2.75 bits per heavy atom. The molecule has 1 aliphatic rings. The van der Waals surface area contributed by atoms with Crippen molar-refractivity contribution in [2.24, 2.45) is 11.3 Å². The molecule has 20 heavy (non-hydrogen) atoms. The van der Waals surface area contributed by atoms with E-state index < -0.39 is 0 Å². The van der Waals surface area contributed by atoms with Crippen LogP contribution in [0.15, 0.2) is 24.5 Å². The summed E-state index contributed by atoms with van der Waals surface area (Å²) in [5, 5.41) is 3.55. The first-order valence-electron chi connectivity index (χ1n) is 7.86. The normalized spacial score (nSPS) is 20.3. The minimum Gasteiger partial charge on any atom is -0.316 e. The van der Waals surface area contributed by atoms with Crippen LogP contribution >= 0.6 is 0 Å². The summed E-state index contributed by atoms with van der Waals surface area (Å²) in [5.74, 6) is 0.805. The number of nitrogens with zero attached hydrogens (tertiary/aromatic N) is 2. The van der Waals surface area contributed by atoms with Crippen molar-refractivity contribution >= 4 is 0 Å². The lowest BCUT2D eigenvalue weighted by Crippen LogP contribution is -2.44. The molecule has 2 heterocycles. The monoisotopic (exact) mass is 275 g/mol. The van der Waals surface area contributed by atoms with Crippen LogP contribution in [-0.4, -0.2) is 43.1 Å². The van der Waals surface area contributed by atoms with Crippen LogP contribution < -0.4 is 5.32 Å². The molecule has 1 aliphatic heterocycles. The molecule has 0 aromatic carbocycles. The molecule has 1 saturated heterocycles. The molecular formula is C17H29N3. The molecule has 1 aromatic heterocycles. The van der Waals surface area contributed by atoms with Gasteiger partial charge in [0.2, 0.25) is 0 Å². The van der Waals surface area contributed by atoms with Gasteiger partial charge in [-0.25, -0.2) is 0 Å². The number of hydrogen-bond acceptors (Lipinski definition) is 3. The van der Waals surface area contributed by atoms with Crippen molar-refractivity contribution in [2.75, 3.05) is 33.2 Å². The molecule has 0 amide bonds. The zero-order valence-electron chi connectivity index (χ0n) is 13.2. The molecule has 0 bridgehead atoms. The van der Waals surface area contributed by atoms with Gasteiger partial charge in [0, 0.05) is 25.5 Å². The number of rotatable bonds is 6. The van der Waals surface area contributed by atoms with Crippen molar-refractivity contribution in [1.82, 2.24) is 15.2 Å². The SMILES string of the molecule is CN(CCc1ccncc1)CC(C)(C)C1CCCNC1. The quantitative estimate of drug-likeness (QED) is 0.865. The Balaban J connectivity index is 1.79. The van der Waals surface area contributed by atoms with Crippen molar-refractivity contribution in [3.8, 4) is 0 Å². The highest BCUT2D eigenvalue weighted by atomic mass is 15.1. The topological polar surface area (TPSA) is 28.2 Å². The van der Waals surface area contributed by atoms with Gasteiger partial charge in [0.05, 0.1) is 0 Å². The Morgan fingerprint density at radius 2 is 2.10 bits per heavy atom. The molecule has 1 N–H and O–H groups in total. The van der Waals surface area contributed by atoms with Gasteiger partial charge in [0.15, 0.2) is 0 Å². The van der Waals surface area contributed by atoms with Crippen LogP contribution in [0.1, 0.15) is 32.3 Å². The number of hydrogen-bond donors (Lipinski definition) is 1. The summed E-state index contributed by atoms with van der Waals surface area (Å²) in [6, 6.07) is 4.23. The summed E-state index contributed by atoms with van der Waals surface area (Å²) in [7, 11) is 2.25. The van der Waals surface area contributed by atoms with Crippen LogP contribution in [0.3, 0.4) is 0 Å².